The van der Waals surface area contributed by atoms with Gasteiger partial charge in [0, 0.05) is 6.54 Å². The Morgan fingerprint density at radius 1 is 1.32 bits per heavy atom. The van der Waals surface area contributed by atoms with Gasteiger partial charge in [0.2, 0.25) is 0 Å². The zero-order chi connectivity index (χ0) is 16.4. The summed E-state index contributed by atoms with van der Waals surface area (Å²) in [6.07, 6.45) is 1.32. The SMILES string of the molecule is CCOC(=O)C(C#N)Cc1ccc(OCCCN(C)C)cc1. The highest BCUT2D eigenvalue weighted by Crippen LogP contribution is 2.16. The van der Waals surface area contributed by atoms with Gasteiger partial charge in [-0.1, -0.05) is 12.1 Å². The van der Waals surface area contributed by atoms with E-state index >= 15 is 0 Å². The van der Waals surface area contributed by atoms with Gasteiger partial charge in [0.1, 0.15) is 11.7 Å². The van der Waals surface area contributed by atoms with Crippen LogP contribution in [0.5, 0.6) is 5.75 Å². The van der Waals surface area contributed by atoms with Gasteiger partial charge in [0.15, 0.2) is 0 Å². The van der Waals surface area contributed by atoms with Crippen molar-refractivity contribution in [1.82, 2.24) is 4.90 Å². The van der Waals surface area contributed by atoms with Gasteiger partial charge in [-0.05, 0) is 51.6 Å². The zero-order valence-corrected chi connectivity index (χ0v) is 13.5. The summed E-state index contributed by atoms with van der Waals surface area (Å²) >= 11 is 0. The normalized spacial score (nSPS) is 11.8. The zero-order valence-electron chi connectivity index (χ0n) is 13.5. The second-order valence-corrected chi connectivity index (χ2v) is 5.29. The van der Waals surface area contributed by atoms with Crippen molar-refractivity contribution in [2.75, 3.05) is 33.9 Å². The van der Waals surface area contributed by atoms with E-state index in [2.05, 4.69) is 4.90 Å². The Labute approximate surface area is 132 Å². The molecule has 1 aromatic rings. The number of ether oxygens (including phenoxy) is 2. The van der Waals surface area contributed by atoms with E-state index in [1.807, 2.05) is 44.4 Å². The number of carbonyl (C=O) groups is 1. The van der Waals surface area contributed by atoms with Crippen LogP contribution in [0.2, 0.25) is 0 Å². The number of esters is 1. The Hall–Kier alpha value is -2.06. The molecule has 1 unspecified atom stereocenters. The standard InChI is InChI=1S/C17H24N2O3/c1-4-21-17(20)15(13-18)12-14-6-8-16(9-7-14)22-11-5-10-19(2)3/h6-9,15H,4-5,10-12H2,1-3H3. The first-order valence-electron chi connectivity index (χ1n) is 7.49. The highest BCUT2D eigenvalue weighted by Gasteiger charge is 2.19. The number of carbonyl (C=O) groups excluding carboxylic acids is 1. The summed E-state index contributed by atoms with van der Waals surface area (Å²) in [5, 5.41) is 9.05. The molecule has 1 aromatic carbocycles. The largest absolute Gasteiger partial charge is 0.494 e. The predicted octanol–water partition coefficient (Wildman–Crippen LogP) is 2.26. The molecule has 0 bridgehead atoms. The number of benzene rings is 1. The fourth-order valence-electron chi connectivity index (χ4n) is 1.95. The monoisotopic (exact) mass is 304 g/mol. The number of hydrogen-bond acceptors (Lipinski definition) is 5. The quantitative estimate of drug-likeness (QED) is 0.517. The molecule has 0 fully saturated rings. The minimum absolute atomic E-state index is 0.288. The fraction of sp³-hybridized carbons (Fsp3) is 0.529. The Morgan fingerprint density at radius 2 is 2.00 bits per heavy atom. The van der Waals surface area contributed by atoms with Crippen molar-refractivity contribution in [3.05, 3.63) is 29.8 Å². The maximum Gasteiger partial charge on any atom is 0.323 e. The lowest BCUT2D eigenvalue weighted by atomic mass is 10.0. The maximum absolute atomic E-state index is 11.6. The van der Waals surface area contributed by atoms with Gasteiger partial charge >= 0.3 is 5.97 Å². The van der Waals surface area contributed by atoms with Crippen LogP contribution in [0.4, 0.5) is 0 Å². The Bertz CT molecular complexity index is 492. The summed E-state index contributed by atoms with van der Waals surface area (Å²) < 4.78 is 10.5. The fourth-order valence-corrected chi connectivity index (χ4v) is 1.95. The topological polar surface area (TPSA) is 62.6 Å². The molecular formula is C17H24N2O3. The van der Waals surface area contributed by atoms with Crippen LogP contribution < -0.4 is 4.74 Å². The average Bonchev–Trinajstić information content (AvgIpc) is 2.50. The molecule has 0 aliphatic heterocycles. The molecule has 0 amide bonds. The van der Waals surface area contributed by atoms with E-state index in [1.165, 1.54) is 0 Å². The van der Waals surface area contributed by atoms with E-state index in [0.29, 0.717) is 13.0 Å². The van der Waals surface area contributed by atoms with E-state index in [0.717, 1.165) is 24.3 Å². The average molecular weight is 304 g/mol. The van der Waals surface area contributed by atoms with Crippen LogP contribution in [0.25, 0.3) is 0 Å². The second-order valence-electron chi connectivity index (χ2n) is 5.29. The lowest BCUT2D eigenvalue weighted by molar-refractivity contribution is -0.145. The second kappa shape index (κ2) is 9.80. The molecule has 1 atom stereocenters. The number of hydrogen-bond donors (Lipinski definition) is 0. The lowest BCUT2D eigenvalue weighted by Gasteiger charge is -2.11. The molecule has 0 aliphatic carbocycles. The molecule has 0 N–H and O–H groups in total. The third-order valence-corrected chi connectivity index (χ3v) is 3.11. The summed E-state index contributed by atoms with van der Waals surface area (Å²) in [6, 6.07) is 9.48. The van der Waals surface area contributed by atoms with Gasteiger partial charge in [-0.2, -0.15) is 5.26 Å². The van der Waals surface area contributed by atoms with Crippen LogP contribution in [-0.4, -0.2) is 44.7 Å². The van der Waals surface area contributed by atoms with E-state index in [4.69, 9.17) is 14.7 Å². The van der Waals surface area contributed by atoms with Crippen molar-refractivity contribution in [2.24, 2.45) is 5.92 Å². The van der Waals surface area contributed by atoms with E-state index in [9.17, 15) is 4.79 Å². The van der Waals surface area contributed by atoms with Gasteiger partial charge < -0.3 is 14.4 Å². The third kappa shape index (κ3) is 6.59. The van der Waals surface area contributed by atoms with E-state index in [1.54, 1.807) is 6.92 Å². The molecule has 0 aromatic heterocycles. The van der Waals surface area contributed by atoms with Gasteiger partial charge in [0.25, 0.3) is 0 Å². The number of nitrogens with zero attached hydrogens (tertiary/aromatic N) is 2. The predicted molar refractivity (Wildman–Crippen MR) is 84.5 cm³/mol. The maximum atomic E-state index is 11.6. The molecule has 0 spiro atoms. The van der Waals surface area contributed by atoms with Gasteiger partial charge in [0.05, 0.1) is 19.3 Å². The molecule has 0 saturated carbocycles. The van der Waals surface area contributed by atoms with E-state index < -0.39 is 11.9 Å². The van der Waals surface area contributed by atoms with Crippen molar-refractivity contribution in [3.63, 3.8) is 0 Å². The third-order valence-electron chi connectivity index (χ3n) is 3.11. The van der Waals surface area contributed by atoms with E-state index in [-0.39, 0.29) is 6.61 Å². The van der Waals surface area contributed by atoms with Gasteiger partial charge in [-0.25, -0.2) is 0 Å². The van der Waals surface area contributed by atoms with Crippen molar-refractivity contribution in [1.29, 1.82) is 5.26 Å². The highest BCUT2D eigenvalue weighted by atomic mass is 16.5. The molecule has 5 heteroatoms. The minimum atomic E-state index is -0.758. The van der Waals surface area contributed by atoms with Crippen molar-refractivity contribution >= 4 is 5.97 Å². The molecule has 22 heavy (non-hydrogen) atoms. The minimum Gasteiger partial charge on any atom is -0.494 e. The highest BCUT2D eigenvalue weighted by molar-refractivity contribution is 5.75. The van der Waals surface area contributed by atoms with Crippen molar-refractivity contribution in [2.45, 2.75) is 19.8 Å². The summed E-state index contributed by atoms with van der Waals surface area (Å²) in [4.78, 5) is 13.7. The Balaban J connectivity index is 2.47. The lowest BCUT2D eigenvalue weighted by Crippen LogP contribution is -2.18. The first kappa shape index (κ1) is 18.0. The first-order chi connectivity index (χ1) is 10.6. The van der Waals surface area contributed by atoms with Crippen LogP contribution in [-0.2, 0) is 16.0 Å². The molecule has 1 rings (SSSR count). The molecule has 0 saturated heterocycles. The number of nitriles is 1. The summed E-state index contributed by atoms with van der Waals surface area (Å²) in [5.74, 6) is -0.423. The van der Waals surface area contributed by atoms with Crippen LogP contribution >= 0.6 is 0 Å². The van der Waals surface area contributed by atoms with Crippen molar-refractivity contribution < 1.29 is 14.3 Å². The summed E-state index contributed by atoms with van der Waals surface area (Å²) in [7, 11) is 4.06. The summed E-state index contributed by atoms with van der Waals surface area (Å²) in [5.41, 5.74) is 0.917. The number of rotatable bonds is 9. The van der Waals surface area contributed by atoms with Crippen LogP contribution in [0.15, 0.2) is 24.3 Å². The Morgan fingerprint density at radius 3 is 2.55 bits per heavy atom. The van der Waals surface area contributed by atoms with Gasteiger partial charge in [-0.3, -0.25) is 4.79 Å². The van der Waals surface area contributed by atoms with Crippen molar-refractivity contribution in [3.8, 4) is 11.8 Å². The smallest absolute Gasteiger partial charge is 0.323 e. The molecule has 5 nitrogen and oxygen atoms in total. The van der Waals surface area contributed by atoms with Crippen LogP contribution in [0.3, 0.4) is 0 Å². The summed E-state index contributed by atoms with van der Waals surface area (Å²) in [6.45, 7) is 3.67. The molecule has 0 heterocycles. The molecular weight excluding hydrogens is 280 g/mol. The van der Waals surface area contributed by atoms with Crippen LogP contribution in [0.1, 0.15) is 18.9 Å². The Kier molecular flexibility index (Phi) is 8.01. The first-order valence-corrected chi connectivity index (χ1v) is 7.49. The molecule has 0 aliphatic rings. The molecule has 120 valence electrons. The van der Waals surface area contributed by atoms with Crippen LogP contribution in [0, 0.1) is 17.2 Å². The van der Waals surface area contributed by atoms with Gasteiger partial charge in [-0.15, -0.1) is 0 Å². The molecule has 0 radical (unpaired) electrons.